The number of anilines is 1. The average Bonchev–Trinajstić information content (AvgIpc) is 2.96. The fourth-order valence-electron chi connectivity index (χ4n) is 3.82. The molecule has 0 unspecified atom stereocenters. The second-order valence-electron chi connectivity index (χ2n) is 8.31. The summed E-state index contributed by atoms with van der Waals surface area (Å²) in [5.74, 6) is -0.664. The van der Waals surface area contributed by atoms with Crippen LogP contribution in [0.15, 0.2) is 30.0 Å². The molecule has 8 nitrogen and oxygen atoms in total. The molecular weight excluding hydrogens is 396 g/mol. The van der Waals surface area contributed by atoms with Crippen LogP contribution in [0.2, 0.25) is 0 Å². The number of likely N-dealkylation sites (N-methyl/N-ethyl adjacent to an activating group) is 1. The Bertz CT molecular complexity index is 855. The number of nitrogens with one attached hydrogen (secondary N) is 1. The Morgan fingerprint density at radius 1 is 1.06 bits per heavy atom. The van der Waals surface area contributed by atoms with Crippen molar-refractivity contribution in [2.75, 3.05) is 51.7 Å². The molecule has 2 heterocycles. The van der Waals surface area contributed by atoms with E-state index in [0.29, 0.717) is 55.2 Å². The monoisotopic (exact) mass is 428 g/mol. The van der Waals surface area contributed by atoms with E-state index in [1.54, 1.807) is 24.3 Å². The van der Waals surface area contributed by atoms with E-state index in [-0.39, 0.29) is 23.8 Å². The number of piperazine rings is 1. The first-order valence-corrected chi connectivity index (χ1v) is 10.8. The van der Waals surface area contributed by atoms with E-state index in [4.69, 9.17) is 4.74 Å². The van der Waals surface area contributed by atoms with E-state index in [2.05, 4.69) is 17.3 Å². The first-order valence-electron chi connectivity index (χ1n) is 10.8. The van der Waals surface area contributed by atoms with Gasteiger partial charge in [-0.2, -0.15) is 0 Å². The number of imide groups is 1. The zero-order valence-electron chi connectivity index (χ0n) is 18.8. The molecule has 2 aliphatic heterocycles. The van der Waals surface area contributed by atoms with Gasteiger partial charge in [0.05, 0.1) is 11.7 Å². The molecule has 168 valence electrons. The summed E-state index contributed by atoms with van der Waals surface area (Å²) in [5.41, 5.74) is 2.25. The predicted octanol–water partition coefficient (Wildman–Crippen LogP) is 1.79. The Balaban J connectivity index is 1.87. The number of nitrogens with zero attached hydrogens (tertiary/aromatic N) is 3. The molecular formula is C23H32N4O4. The third kappa shape index (κ3) is 5.51. The Morgan fingerprint density at radius 2 is 1.71 bits per heavy atom. The summed E-state index contributed by atoms with van der Waals surface area (Å²) >= 11 is 0. The number of hydrogen-bond acceptors (Lipinski definition) is 6. The first kappa shape index (κ1) is 23.0. The summed E-state index contributed by atoms with van der Waals surface area (Å²) in [6, 6.07) is 7.07. The SMILES string of the molecule is CC(=O)Nc1ccc(C2=C(N3CCN(C)CC3)C(=O)N(CCCOC(C)C)C2=O)cc1. The number of carbonyl (C=O) groups excluding carboxylic acids is 3. The van der Waals surface area contributed by atoms with Crippen molar-refractivity contribution in [3.05, 3.63) is 35.5 Å². The maximum atomic E-state index is 13.3. The van der Waals surface area contributed by atoms with Crippen molar-refractivity contribution >= 4 is 29.0 Å². The third-order valence-electron chi connectivity index (χ3n) is 5.43. The largest absolute Gasteiger partial charge is 0.379 e. The minimum Gasteiger partial charge on any atom is -0.379 e. The van der Waals surface area contributed by atoms with E-state index >= 15 is 0 Å². The minimum atomic E-state index is -0.268. The number of rotatable bonds is 8. The molecule has 0 bridgehead atoms. The number of ether oxygens (including phenoxy) is 1. The van der Waals surface area contributed by atoms with Gasteiger partial charge in [-0.3, -0.25) is 19.3 Å². The summed E-state index contributed by atoms with van der Waals surface area (Å²) in [4.78, 5) is 43.5. The molecule has 0 atom stereocenters. The van der Waals surface area contributed by atoms with Gasteiger partial charge in [0.1, 0.15) is 5.70 Å². The van der Waals surface area contributed by atoms with Crippen LogP contribution in [0.5, 0.6) is 0 Å². The Kier molecular flexibility index (Phi) is 7.46. The highest BCUT2D eigenvalue weighted by molar-refractivity contribution is 6.35. The fourth-order valence-corrected chi connectivity index (χ4v) is 3.82. The lowest BCUT2D eigenvalue weighted by Gasteiger charge is -2.34. The second-order valence-corrected chi connectivity index (χ2v) is 8.31. The zero-order valence-corrected chi connectivity index (χ0v) is 18.8. The van der Waals surface area contributed by atoms with Gasteiger partial charge in [0, 0.05) is 51.9 Å². The summed E-state index contributed by atoms with van der Waals surface area (Å²) in [7, 11) is 2.05. The van der Waals surface area contributed by atoms with Gasteiger partial charge >= 0.3 is 0 Å². The standard InChI is InChI=1S/C23H32N4O4/c1-16(2)31-15-5-10-27-22(29)20(18-6-8-19(9-7-18)24-17(3)28)21(23(27)30)26-13-11-25(4)12-14-26/h6-9,16H,5,10-15H2,1-4H3,(H,24,28). The topological polar surface area (TPSA) is 82.2 Å². The lowest BCUT2D eigenvalue weighted by Crippen LogP contribution is -2.46. The summed E-state index contributed by atoms with van der Waals surface area (Å²) < 4.78 is 5.57. The maximum Gasteiger partial charge on any atom is 0.277 e. The molecule has 0 aliphatic carbocycles. The van der Waals surface area contributed by atoms with Crippen LogP contribution in [-0.4, -0.2) is 84.9 Å². The molecule has 0 aromatic heterocycles. The van der Waals surface area contributed by atoms with Crippen molar-refractivity contribution in [3.8, 4) is 0 Å². The van der Waals surface area contributed by atoms with Crippen molar-refractivity contribution in [1.29, 1.82) is 0 Å². The second kappa shape index (κ2) is 10.1. The average molecular weight is 429 g/mol. The number of amides is 3. The number of carbonyl (C=O) groups is 3. The van der Waals surface area contributed by atoms with Gasteiger partial charge in [-0.05, 0) is 45.0 Å². The van der Waals surface area contributed by atoms with Gasteiger partial charge in [0.2, 0.25) is 5.91 Å². The summed E-state index contributed by atoms with van der Waals surface area (Å²) in [5, 5.41) is 2.73. The summed E-state index contributed by atoms with van der Waals surface area (Å²) in [6.45, 7) is 9.26. The van der Waals surface area contributed by atoms with Gasteiger partial charge < -0.3 is 19.9 Å². The molecule has 31 heavy (non-hydrogen) atoms. The maximum absolute atomic E-state index is 13.3. The van der Waals surface area contributed by atoms with Crippen LogP contribution >= 0.6 is 0 Å². The van der Waals surface area contributed by atoms with Crippen LogP contribution in [0.4, 0.5) is 5.69 Å². The van der Waals surface area contributed by atoms with Crippen LogP contribution < -0.4 is 5.32 Å². The molecule has 0 saturated carbocycles. The molecule has 3 rings (SSSR count). The number of hydrogen-bond donors (Lipinski definition) is 1. The smallest absolute Gasteiger partial charge is 0.277 e. The van der Waals surface area contributed by atoms with E-state index in [9.17, 15) is 14.4 Å². The Morgan fingerprint density at radius 3 is 2.29 bits per heavy atom. The predicted molar refractivity (Wildman–Crippen MR) is 119 cm³/mol. The van der Waals surface area contributed by atoms with Crippen LogP contribution in [0.3, 0.4) is 0 Å². The van der Waals surface area contributed by atoms with E-state index < -0.39 is 0 Å². The van der Waals surface area contributed by atoms with Crippen molar-refractivity contribution in [2.24, 2.45) is 0 Å². The Labute approximate surface area is 183 Å². The van der Waals surface area contributed by atoms with Crippen molar-refractivity contribution in [3.63, 3.8) is 0 Å². The van der Waals surface area contributed by atoms with Gasteiger partial charge in [-0.15, -0.1) is 0 Å². The third-order valence-corrected chi connectivity index (χ3v) is 5.43. The van der Waals surface area contributed by atoms with Crippen LogP contribution in [-0.2, 0) is 19.1 Å². The molecule has 3 amide bonds. The highest BCUT2D eigenvalue weighted by Gasteiger charge is 2.41. The van der Waals surface area contributed by atoms with E-state index in [0.717, 1.165) is 13.1 Å². The van der Waals surface area contributed by atoms with Crippen LogP contribution in [0.25, 0.3) is 5.57 Å². The summed E-state index contributed by atoms with van der Waals surface area (Å²) in [6.07, 6.45) is 0.710. The van der Waals surface area contributed by atoms with Crippen LogP contribution in [0, 0.1) is 0 Å². The molecule has 1 fully saturated rings. The van der Waals surface area contributed by atoms with Gasteiger partial charge in [-0.25, -0.2) is 0 Å². The van der Waals surface area contributed by atoms with Gasteiger partial charge in [0.25, 0.3) is 11.8 Å². The highest BCUT2D eigenvalue weighted by Crippen LogP contribution is 2.32. The molecule has 2 aliphatic rings. The normalized spacial score (nSPS) is 17.8. The van der Waals surface area contributed by atoms with Crippen molar-refractivity contribution in [2.45, 2.75) is 33.3 Å². The Hall–Kier alpha value is -2.71. The molecule has 1 saturated heterocycles. The molecule has 1 aromatic rings. The molecule has 1 aromatic carbocycles. The zero-order chi connectivity index (χ0) is 22.5. The fraction of sp³-hybridized carbons (Fsp3) is 0.522. The minimum absolute atomic E-state index is 0.113. The molecule has 1 N–H and O–H groups in total. The highest BCUT2D eigenvalue weighted by atomic mass is 16.5. The van der Waals surface area contributed by atoms with Crippen molar-refractivity contribution < 1.29 is 19.1 Å². The molecule has 0 spiro atoms. The lowest BCUT2D eigenvalue weighted by molar-refractivity contribution is -0.138. The number of benzene rings is 1. The van der Waals surface area contributed by atoms with Crippen molar-refractivity contribution in [1.82, 2.24) is 14.7 Å². The molecule has 0 radical (unpaired) electrons. The van der Waals surface area contributed by atoms with E-state index in [1.807, 2.05) is 18.7 Å². The van der Waals surface area contributed by atoms with Gasteiger partial charge in [-0.1, -0.05) is 12.1 Å². The molecule has 8 heteroatoms. The lowest BCUT2D eigenvalue weighted by atomic mass is 10.0. The quantitative estimate of drug-likeness (QED) is 0.502. The first-order chi connectivity index (χ1) is 14.8. The van der Waals surface area contributed by atoms with Gasteiger partial charge in [0.15, 0.2) is 0 Å². The van der Waals surface area contributed by atoms with Crippen LogP contribution in [0.1, 0.15) is 32.8 Å². The van der Waals surface area contributed by atoms with E-state index in [1.165, 1.54) is 11.8 Å².